The van der Waals surface area contributed by atoms with Crippen molar-refractivity contribution >= 4 is 11.6 Å². The number of carbonyl (C=O) groups excluding carboxylic acids is 1. The number of H-pyrrole nitrogens is 1. The molecule has 2 aromatic heterocycles. The molecule has 1 unspecified atom stereocenters. The summed E-state index contributed by atoms with van der Waals surface area (Å²) in [5.74, 6) is 0.236. The number of rotatable bonds is 3. The van der Waals surface area contributed by atoms with Crippen LogP contribution >= 0.6 is 0 Å². The molecule has 0 saturated heterocycles. The summed E-state index contributed by atoms with van der Waals surface area (Å²) in [6.07, 6.45) is 2.90. The van der Waals surface area contributed by atoms with Crippen molar-refractivity contribution in [3.63, 3.8) is 0 Å². The Labute approximate surface area is 97.5 Å². The summed E-state index contributed by atoms with van der Waals surface area (Å²) in [6, 6.07) is 3.01. The van der Waals surface area contributed by atoms with E-state index in [1.54, 1.807) is 19.1 Å². The van der Waals surface area contributed by atoms with Crippen LogP contribution in [-0.2, 0) is 0 Å². The van der Waals surface area contributed by atoms with Gasteiger partial charge in [0.25, 0.3) is 5.91 Å². The molecule has 0 fully saturated rings. The average Bonchev–Trinajstić information content (AvgIpc) is 2.82. The van der Waals surface area contributed by atoms with E-state index in [-0.39, 0.29) is 17.6 Å². The fourth-order valence-corrected chi connectivity index (χ4v) is 1.36. The molecule has 0 radical (unpaired) electrons. The fourth-order valence-electron chi connectivity index (χ4n) is 1.36. The molecule has 88 valence electrons. The first-order chi connectivity index (χ1) is 8.18. The summed E-state index contributed by atoms with van der Waals surface area (Å²) >= 11 is 0. The van der Waals surface area contributed by atoms with Crippen LogP contribution in [0.5, 0.6) is 0 Å². The molecular weight excluding hydrogens is 220 g/mol. The van der Waals surface area contributed by atoms with E-state index in [2.05, 4.69) is 25.5 Å². The molecule has 4 N–H and O–H groups in total. The number of aromatic amines is 1. The van der Waals surface area contributed by atoms with Crippen molar-refractivity contribution in [2.45, 2.75) is 13.0 Å². The molecule has 0 aromatic carbocycles. The Hall–Kier alpha value is -2.44. The Morgan fingerprint density at radius 1 is 1.53 bits per heavy atom. The Morgan fingerprint density at radius 2 is 2.35 bits per heavy atom. The molecular formula is C10H12N6O. The number of nitrogens with zero attached hydrogens (tertiary/aromatic N) is 3. The first-order valence-corrected chi connectivity index (χ1v) is 5.05. The van der Waals surface area contributed by atoms with Crippen LogP contribution in [0.1, 0.15) is 29.3 Å². The van der Waals surface area contributed by atoms with Gasteiger partial charge in [0.1, 0.15) is 12.2 Å². The van der Waals surface area contributed by atoms with Crippen LogP contribution in [0.4, 0.5) is 5.69 Å². The van der Waals surface area contributed by atoms with Gasteiger partial charge in [-0.1, -0.05) is 0 Å². The summed E-state index contributed by atoms with van der Waals surface area (Å²) in [5, 5.41) is 9.12. The quantitative estimate of drug-likeness (QED) is 0.703. The van der Waals surface area contributed by atoms with Crippen molar-refractivity contribution in [1.82, 2.24) is 25.5 Å². The van der Waals surface area contributed by atoms with Gasteiger partial charge in [0.15, 0.2) is 5.69 Å². The zero-order valence-electron chi connectivity index (χ0n) is 9.21. The van der Waals surface area contributed by atoms with Gasteiger partial charge in [0, 0.05) is 6.20 Å². The molecule has 0 aliphatic carbocycles. The van der Waals surface area contributed by atoms with Gasteiger partial charge in [0.2, 0.25) is 0 Å². The number of pyridine rings is 1. The molecule has 7 nitrogen and oxygen atoms in total. The number of nitrogens with two attached hydrogens (primary N) is 1. The van der Waals surface area contributed by atoms with Crippen LogP contribution in [0.3, 0.4) is 0 Å². The first kappa shape index (κ1) is 11.1. The SMILES string of the molecule is CC(NC(=O)c1ncccc1N)c1ncn[nH]1. The fraction of sp³-hybridized carbons (Fsp3) is 0.200. The van der Waals surface area contributed by atoms with Crippen LogP contribution in [0.15, 0.2) is 24.7 Å². The Morgan fingerprint density at radius 3 is 3.00 bits per heavy atom. The molecule has 0 bridgehead atoms. The van der Waals surface area contributed by atoms with E-state index in [4.69, 9.17) is 5.73 Å². The van der Waals surface area contributed by atoms with E-state index < -0.39 is 0 Å². The lowest BCUT2D eigenvalue weighted by molar-refractivity contribution is 0.0934. The molecule has 0 saturated carbocycles. The largest absolute Gasteiger partial charge is 0.397 e. The van der Waals surface area contributed by atoms with Crippen LogP contribution in [0.2, 0.25) is 0 Å². The number of carbonyl (C=O) groups is 1. The molecule has 1 atom stereocenters. The molecule has 1 amide bonds. The molecule has 7 heteroatoms. The van der Waals surface area contributed by atoms with Gasteiger partial charge in [-0.05, 0) is 19.1 Å². The van der Waals surface area contributed by atoms with Gasteiger partial charge in [-0.2, -0.15) is 5.10 Å². The Balaban J connectivity index is 2.10. The number of aromatic nitrogens is 4. The van der Waals surface area contributed by atoms with Gasteiger partial charge in [0.05, 0.1) is 11.7 Å². The summed E-state index contributed by atoms with van der Waals surface area (Å²) in [5.41, 5.74) is 6.21. The number of nitrogens with one attached hydrogen (secondary N) is 2. The predicted molar refractivity (Wildman–Crippen MR) is 60.9 cm³/mol. The lowest BCUT2D eigenvalue weighted by Crippen LogP contribution is -2.28. The van der Waals surface area contributed by atoms with E-state index in [1.807, 2.05) is 0 Å². The third-order valence-electron chi connectivity index (χ3n) is 2.25. The van der Waals surface area contributed by atoms with E-state index >= 15 is 0 Å². The number of anilines is 1. The summed E-state index contributed by atoms with van der Waals surface area (Å²) in [6.45, 7) is 1.79. The van der Waals surface area contributed by atoms with Gasteiger partial charge >= 0.3 is 0 Å². The highest BCUT2D eigenvalue weighted by molar-refractivity contribution is 5.97. The monoisotopic (exact) mass is 232 g/mol. The molecule has 17 heavy (non-hydrogen) atoms. The Bertz CT molecular complexity index is 509. The van der Waals surface area contributed by atoms with E-state index in [0.29, 0.717) is 11.5 Å². The van der Waals surface area contributed by atoms with Crippen LogP contribution < -0.4 is 11.1 Å². The zero-order chi connectivity index (χ0) is 12.3. The van der Waals surface area contributed by atoms with Gasteiger partial charge in [-0.15, -0.1) is 0 Å². The van der Waals surface area contributed by atoms with Crippen molar-refractivity contribution in [2.24, 2.45) is 0 Å². The minimum Gasteiger partial charge on any atom is -0.397 e. The number of hydrogen-bond acceptors (Lipinski definition) is 5. The zero-order valence-corrected chi connectivity index (χ0v) is 9.21. The van der Waals surface area contributed by atoms with E-state index in [0.717, 1.165) is 0 Å². The van der Waals surface area contributed by atoms with Crippen molar-refractivity contribution in [2.75, 3.05) is 5.73 Å². The minimum absolute atomic E-state index is 0.207. The molecule has 0 aliphatic heterocycles. The molecule has 2 heterocycles. The second-order valence-electron chi connectivity index (χ2n) is 3.51. The van der Waals surface area contributed by atoms with Crippen molar-refractivity contribution in [3.05, 3.63) is 36.2 Å². The molecule has 0 spiro atoms. The van der Waals surface area contributed by atoms with Crippen LogP contribution in [0, 0.1) is 0 Å². The predicted octanol–water partition coefficient (Wildman–Crippen LogP) is 0.273. The van der Waals surface area contributed by atoms with Crippen molar-refractivity contribution < 1.29 is 4.79 Å². The van der Waals surface area contributed by atoms with Crippen molar-refractivity contribution in [1.29, 1.82) is 0 Å². The molecule has 2 rings (SSSR count). The standard InChI is InChI=1S/C10H12N6O/c1-6(9-13-5-14-16-9)15-10(17)8-7(11)3-2-4-12-8/h2-6H,11H2,1H3,(H,15,17)(H,13,14,16). The third-order valence-corrected chi connectivity index (χ3v) is 2.25. The van der Waals surface area contributed by atoms with Crippen LogP contribution in [-0.4, -0.2) is 26.1 Å². The van der Waals surface area contributed by atoms with E-state index in [9.17, 15) is 4.79 Å². The molecule has 2 aromatic rings. The maximum absolute atomic E-state index is 11.9. The minimum atomic E-state index is -0.341. The van der Waals surface area contributed by atoms with Gasteiger partial charge in [-0.3, -0.25) is 9.89 Å². The maximum Gasteiger partial charge on any atom is 0.272 e. The summed E-state index contributed by atoms with van der Waals surface area (Å²) in [4.78, 5) is 19.7. The number of nitrogen functional groups attached to an aromatic ring is 1. The lowest BCUT2D eigenvalue weighted by Gasteiger charge is -2.11. The topological polar surface area (TPSA) is 110 Å². The van der Waals surface area contributed by atoms with E-state index in [1.165, 1.54) is 12.5 Å². The van der Waals surface area contributed by atoms with Gasteiger partial charge < -0.3 is 11.1 Å². The normalized spacial score (nSPS) is 12.1. The highest BCUT2D eigenvalue weighted by atomic mass is 16.2. The summed E-state index contributed by atoms with van der Waals surface area (Å²) in [7, 11) is 0. The van der Waals surface area contributed by atoms with Crippen LogP contribution in [0.25, 0.3) is 0 Å². The molecule has 0 aliphatic rings. The van der Waals surface area contributed by atoms with Crippen molar-refractivity contribution in [3.8, 4) is 0 Å². The highest BCUT2D eigenvalue weighted by Crippen LogP contribution is 2.10. The third kappa shape index (κ3) is 2.39. The first-order valence-electron chi connectivity index (χ1n) is 5.05. The van der Waals surface area contributed by atoms with Gasteiger partial charge in [-0.25, -0.2) is 9.97 Å². The number of amides is 1. The second kappa shape index (κ2) is 4.60. The highest BCUT2D eigenvalue weighted by Gasteiger charge is 2.16. The second-order valence-corrected chi connectivity index (χ2v) is 3.51. The number of hydrogen-bond donors (Lipinski definition) is 3. The summed E-state index contributed by atoms with van der Waals surface area (Å²) < 4.78 is 0. The average molecular weight is 232 g/mol. The Kier molecular flexibility index (Phi) is 2.99. The maximum atomic E-state index is 11.9. The lowest BCUT2D eigenvalue weighted by atomic mass is 10.2. The smallest absolute Gasteiger partial charge is 0.272 e.